The van der Waals surface area contributed by atoms with Crippen molar-refractivity contribution < 1.29 is 4.79 Å². The van der Waals surface area contributed by atoms with Crippen LogP contribution in [-0.4, -0.2) is 34.9 Å². The van der Waals surface area contributed by atoms with Crippen molar-refractivity contribution in [2.75, 3.05) is 13.1 Å². The van der Waals surface area contributed by atoms with Crippen molar-refractivity contribution in [2.24, 2.45) is 11.7 Å². The maximum Gasteiger partial charge on any atom is 0.254 e. The molecule has 1 aliphatic rings. The summed E-state index contributed by atoms with van der Waals surface area (Å²) in [5.74, 6) is 0.542. The van der Waals surface area contributed by atoms with Gasteiger partial charge in [-0.15, -0.1) is 0 Å². The van der Waals surface area contributed by atoms with E-state index < -0.39 is 0 Å². The third kappa shape index (κ3) is 2.59. The van der Waals surface area contributed by atoms with Gasteiger partial charge in [0, 0.05) is 30.2 Å². The molecule has 0 saturated carbocycles. The molecule has 2 heterocycles. The van der Waals surface area contributed by atoms with Gasteiger partial charge < -0.3 is 10.6 Å². The first kappa shape index (κ1) is 15.0. The molecular formula is C18H23N3O. The van der Waals surface area contributed by atoms with E-state index in [0.29, 0.717) is 12.5 Å². The fourth-order valence-electron chi connectivity index (χ4n) is 3.50. The van der Waals surface area contributed by atoms with Crippen LogP contribution in [0.1, 0.15) is 35.8 Å². The Morgan fingerprint density at radius 3 is 2.95 bits per heavy atom. The number of nitrogens with zero attached hydrogens (tertiary/aromatic N) is 2. The molecule has 3 rings (SSSR count). The normalized spacial score (nSPS) is 22.0. The first-order valence-corrected chi connectivity index (χ1v) is 7.99. The molecule has 0 spiro atoms. The van der Waals surface area contributed by atoms with E-state index in [2.05, 4.69) is 11.9 Å². The van der Waals surface area contributed by atoms with Crippen LogP contribution in [-0.2, 0) is 0 Å². The number of piperidine rings is 1. The van der Waals surface area contributed by atoms with E-state index in [4.69, 9.17) is 5.73 Å². The van der Waals surface area contributed by atoms with Crippen molar-refractivity contribution in [2.45, 2.75) is 32.7 Å². The number of aromatic nitrogens is 1. The van der Waals surface area contributed by atoms with Gasteiger partial charge in [-0.05, 0) is 37.8 Å². The van der Waals surface area contributed by atoms with Crippen LogP contribution in [0, 0.1) is 12.8 Å². The Hall–Kier alpha value is -1.94. The second-order valence-electron chi connectivity index (χ2n) is 6.25. The van der Waals surface area contributed by atoms with E-state index >= 15 is 0 Å². The Bertz CT molecular complexity index is 698. The first-order chi connectivity index (χ1) is 10.6. The topological polar surface area (TPSA) is 59.2 Å². The van der Waals surface area contributed by atoms with Gasteiger partial charge in [0.1, 0.15) is 0 Å². The number of rotatable bonds is 2. The number of carbonyl (C=O) groups is 1. The van der Waals surface area contributed by atoms with Gasteiger partial charge in [0.2, 0.25) is 0 Å². The Labute approximate surface area is 131 Å². The Kier molecular flexibility index (Phi) is 4.12. The zero-order chi connectivity index (χ0) is 15.7. The summed E-state index contributed by atoms with van der Waals surface area (Å²) in [7, 11) is 0. The predicted molar refractivity (Wildman–Crippen MR) is 88.8 cm³/mol. The Balaban J connectivity index is 2.05. The molecule has 2 N–H and O–H groups in total. The minimum atomic E-state index is 0.0868. The molecule has 2 aromatic rings. The second kappa shape index (κ2) is 6.05. The number of likely N-dealkylation sites (tertiary alicyclic amines) is 1. The third-order valence-corrected chi connectivity index (χ3v) is 4.69. The lowest BCUT2D eigenvalue weighted by molar-refractivity contribution is 0.0534. The van der Waals surface area contributed by atoms with Gasteiger partial charge in [0.25, 0.3) is 5.91 Å². The van der Waals surface area contributed by atoms with E-state index in [1.165, 1.54) is 0 Å². The van der Waals surface area contributed by atoms with Crippen LogP contribution in [0.15, 0.2) is 30.3 Å². The molecule has 0 bridgehead atoms. The molecule has 1 aromatic heterocycles. The average Bonchev–Trinajstić information content (AvgIpc) is 2.53. The number of benzene rings is 1. The van der Waals surface area contributed by atoms with E-state index in [9.17, 15) is 4.79 Å². The zero-order valence-electron chi connectivity index (χ0n) is 13.2. The molecule has 1 amide bonds. The zero-order valence-corrected chi connectivity index (χ0v) is 13.2. The molecule has 1 aliphatic heterocycles. The number of amides is 1. The highest BCUT2D eigenvalue weighted by molar-refractivity contribution is 6.06. The minimum absolute atomic E-state index is 0.0868. The monoisotopic (exact) mass is 297 g/mol. The average molecular weight is 297 g/mol. The van der Waals surface area contributed by atoms with Gasteiger partial charge in [0.15, 0.2) is 0 Å². The molecule has 0 aliphatic carbocycles. The van der Waals surface area contributed by atoms with E-state index in [1.54, 1.807) is 0 Å². The lowest BCUT2D eigenvalue weighted by Crippen LogP contribution is -2.51. The molecule has 1 fully saturated rings. The lowest BCUT2D eigenvalue weighted by atomic mass is 9.90. The quantitative estimate of drug-likeness (QED) is 0.927. The highest BCUT2D eigenvalue weighted by Gasteiger charge is 2.32. The number of hydrogen-bond acceptors (Lipinski definition) is 3. The summed E-state index contributed by atoms with van der Waals surface area (Å²) in [5.41, 5.74) is 8.43. The standard InChI is InChI=1S/C18H23N3O/c1-12-6-5-9-21(17(12)11-19)18(22)15-10-13(2)20-16-8-4-3-7-14(15)16/h3-4,7-8,10,12,17H,5-6,9,11,19H2,1-2H3. The van der Waals surface area contributed by atoms with Crippen LogP contribution < -0.4 is 5.73 Å². The second-order valence-corrected chi connectivity index (χ2v) is 6.25. The van der Waals surface area contributed by atoms with Crippen molar-refractivity contribution in [1.82, 2.24) is 9.88 Å². The summed E-state index contributed by atoms with van der Waals surface area (Å²) < 4.78 is 0. The maximum absolute atomic E-state index is 13.1. The summed E-state index contributed by atoms with van der Waals surface area (Å²) in [5, 5.41) is 0.923. The van der Waals surface area contributed by atoms with Gasteiger partial charge in [-0.25, -0.2) is 0 Å². The molecule has 4 nitrogen and oxygen atoms in total. The number of nitrogens with two attached hydrogens (primary N) is 1. The Morgan fingerprint density at radius 1 is 1.41 bits per heavy atom. The molecule has 2 atom stereocenters. The smallest absolute Gasteiger partial charge is 0.254 e. The molecule has 1 aromatic carbocycles. The predicted octanol–water partition coefficient (Wildman–Crippen LogP) is 2.74. The molecule has 22 heavy (non-hydrogen) atoms. The highest BCUT2D eigenvalue weighted by Crippen LogP contribution is 2.27. The summed E-state index contributed by atoms with van der Waals surface area (Å²) in [6, 6.07) is 9.87. The molecule has 116 valence electrons. The van der Waals surface area contributed by atoms with Gasteiger partial charge >= 0.3 is 0 Å². The fourth-order valence-corrected chi connectivity index (χ4v) is 3.50. The van der Waals surface area contributed by atoms with Gasteiger partial charge in [-0.1, -0.05) is 25.1 Å². The number of pyridine rings is 1. The summed E-state index contributed by atoms with van der Waals surface area (Å²) in [6.07, 6.45) is 2.19. The largest absolute Gasteiger partial charge is 0.334 e. The van der Waals surface area contributed by atoms with Crippen LogP contribution in [0.5, 0.6) is 0 Å². The number of hydrogen-bond donors (Lipinski definition) is 1. The van der Waals surface area contributed by atoms with Crippen LogP contribution in [0.3, 0.4) is 0 Å². The SMILES string of the molecule is Cc1cc(C(=O)N2CCCC(C)C2CN)c2ccccc2n1. The van der Waals surface area contributed by atoms with Crippen LogP contribution in [0.4, 0.5) is 0 Å². The van der Waals surface area contributed by atoms with Crippen molar-refractivity contribution in [3.05, 3.63) is 41.6 Å². The van der Waals surface area contributed by atoms with Crippen LogP contribution in [0.25, 0.3) is 10.9 Å². The number of para-hydroxylation sites is 1. The van der Waals surface area contributed by atoms with Gasteiger partial charge in [-0.2, -0.15) is 0 Å². The van der Waals surface area contributed by atoms with E-state index in [1.807, 2.05) is 42.2 Å². The molecule has 2 unspecified atom stereocenters. The summed E-state index contributed by atoms with van der Waals surface area (Å²) >= 11 is 0. The molecule has 1 saturated heterocycles. The van der Waals surface area contributed by atoms with Crippen LogP contribution in [0.2, 0.25) is 0 Å². The minimum Gasteiger partial charge on any atom is -0.334 e. The maximum atomic E-state index is 13.1. The number of fused-ring (bicyclic) bond motifs is 1. The summed E-state index contributed by atoms with van der Waals surface area (Å²) in [4.78, 5) is 19.6. The number of aryl methyl sites for hydroxylation is 1. The lowest BCUT2D eigenvalue weighted by Gasteiger charge is -2.39. The highest BCUT2D eigenvalue weighted by atomic mass is 16.2. The summed E-state index contributed by atoms with van der Waals surface area (Å²) in [6.45, 7) is 5.44. The van der Waals surface area contributed by atoms with Crippen molar-refractivity contribution >= 4 is 16.8 Å². The van der Waals surface area contributed by atoms with E-state index in [0.717, 1.165) is 41.5 Å². The first-order valence-electron chi connectivity index (χ1n) is 7.99. The molecular weight excluding hydrogens is 274 g/mol. The van der Waals surface area contributed by atoms with Crippen LogP contribution >= 0.6 is 0 Å². The number of carbonyl (C=O) groups excluding carboxylic acids is 1. The van der Waals surface area contributed by atoms with Crippen molar-refractivity contribution in [3.63, 3.8) is 0 Å². The fraction of sp³-hybridized carbons (Fsp3) is 0.444. The third-order valence-electron chi connectivity index (χ3n) is 4.69. The van der Waals surface area contributed by atoms with Gasteiger partial charge in [0.05, 0.1) is 11.1 Å². The molecule has 4 heteroatoms. The molecule has 0 radical (unpaired) electrons. The Morgan fingerprint density at radius 2 is 2.18 bits per heavy atom. The van der Waals surface area contributed by atoms with E-state index in [-0.39, 0.29) is 11.9 Å². The van der Waals surface area contributed by atoms with Crippen molar-refractivity contribution in [3.8, 4) is 0 Å². The van der Waals surface area contributed by atoms with Crippen molar-refractivity contribution in [1.29, 1.82) is 0 Å². The van der Waals surface area contributed by atoms with Gasteiger partial charge in [-0.3, -0.25) is 9.78 Å².